The molecule has 1 heterocycles. The predicted molar refractivity (Wildman–Crippen MR) is 110 cm³/mol. The molecule has 0 radical (unpaired) electrons. The maximum atomic E-state index is 12.5. The number of carbonyl (C=O) groups excluding carboxylic acids is 2. The van der Waals surface area contributed by atoms with Gasteiger partial charge in [0.15, 0.2) is 28.8 Å². The second-order valence-electron chi connectivity index (χ2n) is 6.12. The van der Waals surface area contributed by atoms with E-state index in [0.29, 0.717) is 53.0 Å². The Kier molecular flexibility index (Phi) is 6.79. The van der Waals surface area contributed by atoms with Gasteiger partial charge in [0.2, 0.25) is 6.79 Å². The van der Waals surface area contributed by atoms with Crippen molar-refractivity contribution in [1.29, 1.82) is 0 Å². The van der Waals surface area contributed by atoms with Gasteiger partial charge < -0.3 is 29.0 Å². The highest BCUT2D eigenvalue weighted by molar-refractivity contribution is 6.05. The first-order valence-corrected chi connectivity index (χ1v) is 9.46. The van der Waals surface area contributed by atoms with Gasteiger partial charge in [0.25, 0.3) is 0 Å². The number of anilines is 1. The van der Waals surface area contributed by atoms with Gasteiger partial charge in [0.1, 0.15) is 0 Å². The molecule has 0 aromatic heterocycles. The van der Waals surface area contributed by atoms with Gasteiger partial charge in [0, 0.05) is 17.8 Å². The Morgan fingerprint density at radius 3 is 2.53 bits per heavy atom. The van der Waals surface area contributed by atoms with Crippen LogP contribution in [0.3, 0.4) is 0 Å². The third-order valence-electron chi connectivity index (χ3n) is 4.20. The second-order valence-corrected chi connectivity index (χ2v) is 6.12. The molecule has 8 heteroatoms. The Hall–Kier alpha value is -3.68. The number of carbonyl (C=O) groups is 2. The molecule has 2 aromatic rings. The van der Waals surface area contributed by atoms with Gasteiger partial charge >= 0.3 is 5.97 Å². The number of esters is 1. The van der Waals surface area contributed by atoms with Gasteiger partial charge in [0.05, 0.1) is 31.6 Å². The highest BCUT2D eigenvalue weighted by atomic mass is 16.7. The third kappa shape index (κ3) is 4.65. The summed E-state index contributed by atoms with van der Waals surface area (Å²) in [5.74, 6) is 1.24. The Balaban J connectivity index is 1.84. The van der Waals surface area contributed by atoms with E-state index in [0.717, 1.165) is 0 Å². The number of rotatable bonds is 9. The fourth-order valence-electron chi connectivity index (χ4n) is 2.85. The summed E-state index contributed by atoms with van der Waals surface area (Å²) in [6.45, 7) is 4.60. The summed E-state index contributed by atoms with van der Waals surface area (Å²) in [4.78, 5) is 24.5. The number of hydrogen-bond donors (Lipinski definition) is 1. The van der Waals surface area contributed by atoms with Crippen molar-refractivity contribution in [2.75, 3.05) is 32.4 Å². The van der Waals surface area contributed by atoms with Crippen LogP contribution < -0.4 is 24.3 Å². The van der Waals surface area contributed by atoms with E-state index in [1.54, 1.807) is 30.3 Å². The zero-order valence-corrected chi connectivity index (χ0v) is 17.0. The molecular formula is C22H23NO7. The lowest BCUT2D eigenvalue weighted by atomic mass is 10.1. The minimum atomic E-state index is -0.512. The van der Waals surface area contributed by atoms with Crippen molar-refractivity contribution in [3.63, 3.8) is 0 Å². The average molecular weight is 413 g/mol. The molecule has 0 spiro atoms. The second kappa shape index (κ2) is 9.69. The fourth-order valence-corrected chi connectivity index (χ4v) is 2.85. The van der Waals surface area contributed by atoms with Crippen molar-refractivity contribution < 1.29 is 33.3 Å². The molecule has 0 unspecified atom stereocenters. The zero-order valence-electron chi connectivity index (χ0n) is 17.0. The van der Waals surface area contributed by atoms with E-state index in [1.807, 2.05) is 13.8 Å². The highest BCUT2D eigenvalue weighted by Crippen LogP contribution is 2.37. The standard InChI is InChI=1S/C22H23NO7/c1-4-27-20-12-15(22(25)26-3)10-16(21(20)28-5-2)23-9-8-17(24)14-6-7-18-19(11-14)30-13-29-18/h6-12,23H,4-5,13H2,1-3H3. The van der Waals surface area contributed by atoms with Crippen molar-refractivity contribution in [3.8, 4) is 23.0 Å². The van der Waals surface area contributed by atoms with E-state index >= 15 is 0 Å². The summed E-state index contributed by atoms with van der Waals surface area (Å²) in [5.41, 5.74) is 1.22. The van der Waals surface area contributed by atoms with Gasteiger partial charge in [-0.05, 0) is 44.2 Å². The highest BCUT2D eigenvalue weighted by Gasteiger charge is 2.18. The lowest BCUT2D eigenvalue weighted by Crippen LogP contribution is -2.07. The summed E-state index contributed by atoms with van der Waals surface area (Å²) >= 11 is 0. The minimum absolute atomic E-state index is 0.142. The first kappa shape index (κ1) is 21.0. The van der Waals surface area contributed by atoms with Gasteiger partial charge in [-0.15, -0.1) is 0 Å². The van der Waals surface area contributed by atoms with E-state index in [1.165, 1.54) is 19.4 Å². The van der Waals surface area contributed by atoms with E-state index < -0.39 is 5.97 Å². The van der Waals surface area contributed by atoms with Crippen LogP contribution >= 0.6 is 0 Å². The molecule has 2 aromatic carbocycles. The Labute approximate surface area is 174 Å². The van der Waals surface area contributed by atoms with Crippen LogP contribution in [0.5, 0.6) is 23.0 Å². The van der Waals surface area contributed by atoms with Crippen molar-refractivity contribution >= 4 is 17.4 Å². The number of allylic oxidation sites excluding steroid dienone is 1. The molecule has 8 nitrogen and oxygen atoms in total. The molecule has 158 valence electrons. The maximum absolute atomic E-state index is 12.5. The summed E-state index contributed by atoms with van der Waals surface area (Å²) < 4.78 is 26.7. The molecule has 0 saturated carbocycles. The fraction of sp³-hybridized carbons (Fsp3) is 0.273. The van der Waals surface area contributed by atoms with Crippen LogP contribution in [0.4, 0.5) is 5.69 Å². The molecule has 1 aliphatic heterocycles. The molecule has 0 fully saturated rings. The number of fused-ring (bicyclic) bond motifs is 1. The van der Waals surface area contributed by atoms with Crippen LogP contribution in [-0.4, -0.2) is 38.9 Å². The Morgan fingerprint density at radius 2 is 1.80 bits per heavy atom. The van der Waals surface area contributed by atoms with Gasteiger partial charge in [-0.25, -0.2) is 4.79 Å². The van der Waals surface area contributed by atoms with Crippen LogP contribution in [0.25, 0.3) is 0 Å². The van der Waals surface area contributed by atoms with E-state index in [9.17, 15) is 9.59 Å². The third-order valence-corrected chi connectivity index (χ3v) is 4.20. The minimum Gasteiger partial charge on any atom is -0.490 e. The molecule has 0 saturated heterocycles. The van der Waals surface area contributed by atoms with Crippen molar-refractivity contribution in [2.45, 2.75) is 13.8 Å². The number of nitrogens with one attached hydrogen (secondary N) is 1. The SMILES string of the molecule is CCOc1cc(C(=O)OC)cc(NC=CC(=O)c2ccc3c(c2)OCO3)c1OCC. The van der Waals surface area contributed by atoms with Crippen LogP contribution in [-0.2, 0) is 4.74 Å². The lowest BCUT2D eigenvalue weighted by Gasteiger charge is -2.16. The van der Waals surface area contributed by atoms with Gasteiger partial charge in [-0.2, -0.15) is 0 Å². The Morgan fingerprint density at radius 1 is 1.03 bits per heavy atom. The monoisotopic (exact) mass is 413 g/mol. The first-order valence-electron chi connectivity index (χ1n) is 9.46. The van der Waals surface area contributed by atoms with E-state index in [4.69, 9.17) is 23.7 Å². The maximum Gasteiger partial charge on any atom is 0.338 e. The quantitative estimate of drug-likeness (QED) is 0.377. The van der Waals surface area contributed by atoms with Gasteiger partial charge in [-0.1, -0.05) is 0 Å². The number of benzene rings is 2. The summed E-state index contributed by atoms with van der Waals surface area (Å²) in [6, 6.07) is 8.13. The normalized spacial score (nSPS) is 12.0. The number of methoxy groups -OCH3 is 1. The molecule has 1 N–H and O–H groups in total. The first-order chi connectivity index (χ1) is 14.6. The molecule has 0 amide bonds. The number of hydrogen-bond acceptors (Lipinski definition) is 8. The topological polar surface area (TPSA) is 92.3 Å². The predicted octanol–water partition coefficient (Wildman–Crippen LogP) is 3.81. The van der Waals surface area contributed by atoms with Crippen molar-refractivity contribution in [3.05, 3.63) is 53.7 Å². The molecule has 3 rings (SSSR count). The van der Waals surface area contributed by atoms with Crippen molar-refractivity contribution in [1.82, 2.24) is 0 Å². The van der Waals surface area contributed by atoms with Crippen LogP contribution in [0.15, 0.2) is 42.6 Å². The Bertz CT molecular complexity index is 968. The number of ketones is 1. The zero-order chi connectivity index (χ0) is 21.5. The van der Waals surface area contributed by atoms with Crippen LogP contribution in [0, 0.1) is 0 Å². The number of ether oxygens (including phenoxy) is 5. The molecular weight excluding hydrogens is 390 g/mol. The van der Waals surface area contributed by atoms with Crippen LogP contribution in [0.2, 0.25) is 0 Å². The lowest BCUT2D eigenvalue weighted by molar-refractivity contribution is 0.0600. The van der Waals surface area contributed by atoms with Crippen LogP contribution in [0.1, 0.15) is 34.6 Å². The summed E-state index contributed by atoms with van der Waals surface area (Å²) in [6.07, 6.45) is 2.85. The smallest absolute Gasteiger partial charge is 0.338 e. The average Bonchev–Trinajstić information content (AvgIpc) is 3.23. The van der Waals surface area contributed by atoms with E-state index in [2.05, 4.69) is 5.32 Å². The summed E-state index contributed by atoms with van der Waals surface area (Å²) in [7, 11) is 1.30. The largest absolute Gasteiger partial charge is 0.490 e. The van der Waals surface area contributed by atoms with Gasteiger partial charge in [-0.3, -0.25) is 4.79 Å². The molecule has 0 atom stereocenters. The molecule has 1 aliphatic rings. The molecule has 0 bridgehead atoms. The summed E-state index contributed by atoms with van der Waals surface area (Å²) in [5, 5.41) is 3.00. The molecule has 30 heavy (non-hydrogen) atoms. The molecule has 0 aliphatic carbocycles. The van der Waals surface area contributed by atoms with Crippen molar-refractivity contribution in [2.24, 2.45) is 0 Å². The van der Waals surface area contributed by atoms with E-state index in [-0.39, 0.29) is 12.6 Å².